The summed E-state index contributed by atoms with van der Waals surface area (Å²) in [5.41, 5.74) is 0. The minimum absolute atomic E-state index is 0.0823. The van der Waals surface area contributed by atoms with E-state index in [1.165, 1.54) is 38.5 Å². The van der Waals surface area contributed by atoms with E-state index in [0.29, 0.717) is 25.7 Å². The lowest BCUT2D eigenvalue weighted by molar-refractivity contribution is -0.152. The van der Waals surface area contributed by atoms with Crippen LogP contribution in [0.1, 0.15) is 149 Å². The van der Waals surface area contributed by atoms with Crippen LogP contribution in [0.4, 0.5) is 0 Å². The Morgan fingerprint density at radius 2 is 1.26 bits per heavy atom. The second-order valence-electron chi connectivity index (χ2n) is 12.4. The summed E-state index contributed by atoms with van der Waals surface area (Å²) in [6.45, 7) is 3.96. The summed E-state index contributed by atoms with van der Waals surface area (Å²) < 4.78 is 10.2. The van der Waals surface area contributed by atoms with E-state index in [9.17, 15) is 29.7 Å². The van der Waals surface area contributed by atoms with Crippen molar-refractivity contribution in [1.29, 1.82) is 0 Å². The Morgan fingerprint density at radius 3 is 1.81 bits per heavy atom. The highest BCUT2D eigenvalue weighted by Gasteiger charge is 2.39. The molecule has 8 nitrogen and oxygen atoms in total. The van der Waals surface area contributed by atoms with Gasteiger partial charge in [-0.1, -0.05) is 116 Å². The smallest absolute Gasteiger partial charge is 0.305 e. The molecule has 43 heavy (non-hydrogen) atoms. The third kappa shape index (κ3) is 20.0. The summed E-state index contributed by atoms with van der Waals surface area (Å²) in [7, 11) is 0. The molecule has 0 aromatic carbocycles. The number of hydrogen-bond donors (Lipinski definition) is 3. The van der Waals surface area contributed by atoms with E-state index in [4.69, 9.17) is 9.47 Å². The molecular weight excluding hydrogens is 548 g/mol. The first-order valence-corrected chi connectivity index (χ1v) is 17.3. The van der Waals surface area contributed by atoms with E-state index in [2.05, 4.69) is 13.8 Å². The van der Waals surface area contributed by atoms with Crippen molar-refractivity contribution in [3.8, 4) is 0 Å². The van der Waals surface area contributed by atoms with Gasteiger partial charge in [-0.15, -0.1) is 0 Å². The van der Waals surface area contributed by atoms with Crippen LogP contribution in [-0.2, 0) is 23.9 Å². The maximum atomic E-state index is 12.4. The average Bonchev–Trinajstić information content (AvgIpc) is 3.25. The van der Waals surface area contributed by atoms with Crippen molar-refractivity contribution in [2.24, 2.45) is 11.8 Å². The Hall–Kier alpha value is -1.77. The van der Waals surface area contributed by atoms with Gasteiger partial charge in [0.15, 0.2) is 0 Å². The van der Waals surface area contributed by atoms with Crippen LogP contribution in [-0.4, -0.2) is 64.6 Å². The summed E-state index contributed by atoms with van der Waals surface area (Å²) in [4.78, 5) is 36.3. The number of carbonyl (C=O) groups excluding carboxylic acids is 3. The van der Waals surface area contributed by atoms with Crippen molar-refractivity contribution in [3.63, 3.8) is 0 Å². The van der Waals surface area contributed by atoms with Crippen molar-refractivity contribution >= 4 is 17.7 Å². The van der Waals surface area contributed by atoms with Gasteiger partial charge in [0.1, 0.15) is 25.1 Å². The Morgan fingerprint density at radius 1 is 0.767 bits per heavy atom. The third-order valence-electron chi connectivity index (χ3n) is 8.40. The first-order chi connectivity index (χ1) is 20.8. The van der Waals surface area contributed by atoms with Crippen LogP contribution < -0.4 is 0 Å². The van der Waals surface area contributed by atoms with Crippen molar-refractivity contribution in [2.75, 3.05) is 13.2 Å². The number of aliphatic hydroxyl groups excluding tert-OH is 3. The normalized spacial score (nSPS) is 20.0. The molecule has 5 atom stereocenters. The standard InChI is InChI=1S/C35H62O8/c1-3-5-7-8-9-10-11-12-17-21-34(40)42-26-29(37)27-43-35(41)22-18-14-13-16-20-30-31(33(39)25-32(30)38)24-23-28(36)19-15-6-4-2/h23-24,28-31,33,36-37,39H,3-22,25-27H2,1-2H3/b24-23+/t28-,29+,30+,31+,33+/m0/s1. The highest BCUT2D eigenvalue weighted by atomic mass is 16.6. The monoisotopic (exact) mass is 610 g/mol. The molecule has 1 aliphatic carbocycles. The van der Waals surface area contributed by atoms with Crippen LogP contribution in [0.15, 0.2) is 12.2 Å². The second-order valence-corrected chi connectivity index (χ2v) is 12.4. The molecule has 0 radical (unpaired) electrons. The van der Waals surface area contributed by atoms with E-state index < -0.39 is 24.3 Å². The SMILES string of the molecule is CCCCCCCCCCCC(=O)OC[C@@H](O)COC(=O)CCCCCC[C@H]1C(=O)C[C@@H](O)[C@@H]1/C=C/[C@@H](O)CCCCC. The van der Waals surface area contributed by atoms with Crippen molar-refractivity contribution < 1.29 is 39.2 Å². The molecule has 3 N–H and O–H groups in total. The predicted octanol–water partition coefficient (Wildman–Crippen LogP) is 6.76. The Kier molecular flexibility index (Phi) is 23.3. The second kappa shape index (κ2) is 25.5. The van der Waals surface area contributed by atoms with E-state index in [-0.39, 0.29) is 49.6 Å². The van der Waals surface area contributed by atoms with Gasteiger partial charge in [-0.25, -0.2) is 0 Å². The summed E-state index contributed by atoms with van der Waals surface area (Å²) >= 11 is 0. The van der Waals surface area contributed by atoms with Crippen molar-refractivity contribution in [3.05, 3.63) is 12.2 Å². The highest BCUT2D eigenvalue weighted by molar-refractivity contribution is 5.84. The molecule has 1 saturated carbocycles. The number of rotatable bonds is 27. The minimum atomic E-state index is -1.03. The molecular formula is C35H62O8. The van der Waals surface area contributed by atoms with Crippen LogP contribution in [0.3, 0.4) is 0 Å². The minimum Gasteiger partial charge on any atom is -0.463 e. The average molecular weight is 611 g/mol. The van der Waals surface area contributed by atoms with E-state index in [1.54, 1.807) is 6.08 Å². The van der Waals surface area contributed by atoms with Crippen LogP contribution in [0, 0.1) is 11.8 Å². The van der Waals surface area contributed by atoms with Crippen LogP contribution >= 0.6 is 0 Å². The van der Waals surface area contributed by atoms with Gasteiger partial charge in [-0.2, -0.15) is 0 Å². The quantitative estimate of drug-likeness (QED) is 0.0528. The zero-order chi connectivity index (χ0) is 31.7. The van der Waals surface area contributed by atoms with Gasteiger partial charge in [0.2, 0.25) is 0 Å². The van der Waals surface area contributed by atoms with Gasteiger partial charge >= 0.3 is 11.9 Å². The fourth-order valence-electron chi connectivity index (χ4n) is 5.69. The van der Waals surface area contributed by atoms with Gasteiger partial charge in [-0.05, 0) is 25.7 Å². The number of unbranched alkanes of at least 4 members (excludes halogenated alkanes) is 13. The van der Waals surface area contributed by atoms with Crippen LogP contribution in [0.2, 0.25) is 0 Å². The molecule has 0 aromatic rings. The van der Waals surface area contributed by atoms with Gasteiger partial charge in [-0.3, -0.25) is 14.4 Å². The van der Waals surface area contributed by atoms with E-state index in [1.807, 2.05) is 6.08 Å². The highest BCUT2D eigenvalue weighted by Crippen LogP contribution is 2.34. The molecule has 0 spiro atoms. The lowest BCUT2D eigenvalue weighted by Crippen LogP contribution is -2.25. The summed E-state index contributed by atoms with van der Waals surface area (Å²) in [6, 6.07) is 0. The zero-order valence-corrected chi connectivity index (χ0v) is 27.2. The number of carbonyl (C=O) groups is 3. The maximum Gasteiger partial charge on any atom is 0.305 e. The van der Waals surface area contributed by atoms with Gasteiger partial charge in [0.25, 0.3) is 0 Å². The zero-order valence-electron chi connectivity index (χ0n) is 27.2. The van der Waals surface area contributed by atoms with E-state index in [0.717, 1.165) is 57.8 Å². The first-order valence-electron chi connectivity index (χ1n) is 17.3. The van der Waals surface area contributed by atoms with Crippen molar-refractivity contribution in [2.45, 2.75) is 167 Å². The maximum absolute atomic E-state index is 12.4. The van der Waals surface area contributed by atoms with Gasteiger partial charge in [0, 0.05) is 31.1 Å². The van der Waals surface area contributed by atoms with Crippen LogP contribution in [0.5, 0.6) is 0 Å². The molecule has 0 saturated heterocycles. The fourth-order valence-corrected chi connectivity index (χ4v) is 5.69. The predicted molar refractivity (Wildman–Crippen MR) is 169 cm³/mol. The molecule has 0 aromatic heterocycles. The van der Waals surface area contributed by atoms with Crippen LogP contribution in [0.25, 0.3) is 0 Å². The lowest BCUT2D eigenvalue weighted by Gasteiger charge is -2.18. The molecule has 1 rings (SSSR count). The molecule has 0 unspecified atom stereocenters. The third-order valence-corrected chi connectivity index (χ3v) is 8.40. The molecule has 1 aliphatic rings. The molecule has 8 heteroatoms. The van der Waals surface area contributed by atoms with Crippen molar-refractivity contribution in [1.82, 2.24) is 0 Å². The molecule has 0 bridgehead atoms. The summed E-state index contributed by atoms with van der Waals surface area (Å²) in [5, 5.41) is 30.5. The number of Topliss-reactive ketones (excluding diaryl/α,β-unsaturated/α-hetero) is 1. The number of esters is 2. The fraction of sp³-hybridized carbons (Fsp3) is 0.857. The van der Waals surface area contributed by atoms with E-state index >= 15 is 0 Å². The Bertz CT molecular complexity index is 767. The molecule has 0 heterocycles. The molecule has 250 valence electrons. The lowest BCUT2D eigenvalue weighted by atomic mass is 9.88. The number of hydrogen-bond acceptors (Lipinski definition) is 8. The largest absolute Gasteiger partial charge is 0.463 e. The number of aliphatic hydroxyl groups is 3. The summed E-state index contributed by atoms with van der Waals surface area (Å²) in [5.74, 6) is -1.11. The first kappa shape index (κ1) is 39.3. The summed E-state index contributed by atoms with van der Waals surface area (Å²) in [6.07, 6.45) is 20.3. The number of ether oxygens (including phenoxy) is 2. The molecule has 1 fully saturated rings. The molecule has 0 amide bonds. The number of ketones is 1. The van der Waals surface area contributed by atoms with Gasteiger partial charge in [0.05, 0.1) is 12.2 Å². The topological polar surface area (TPSA) is 130 Å². The Balaban J connectivity index is 2.09. The Labute approximate surface area is 261 Å². The van der Waals surface area contributed by atoms with Gasteiger partial charge < -0.3 is 24.8 Å². The molecule has 0 aliphatic heterocycles.